The van der Waals surface area contributed by atoms with Crippen LogP contribution in [0.25, 0.3) is 10.9 Å². The fourth-order valence-corrected chi connectivity index (χ4v) is 3.53. The SMILES string of the molecule is COC(=O)c1ccc2c(C(=Nc3ccc(I)cc3)c3ccccc3)c(O)[nH]c2c1. The van der Waals surface area contributed by atoms with Crippen molar-refractivity contribution in [2.45, 2.75) is 0 Å². The Morgan fingerprint density at radius 1 is 1.00 bits per heavy atom. The Labute approximate surface area is 181 Å². The molecule has 1 aromatic heterocycles. The number of ether oxygens (including phenoxy) is 1. The minimum absolute atomic E-state index is 0.00451. The van der Waals surface area contributed by atoms with E-state index in [4.69, 9.17) is 9.73 Å². The number of aromatic hydroxyl groups is 1. The predicted octanol–water partition coefficient (Wildman–Crippen LogP) is 5.43. The summed E-state index contributed by atoms with van der Waals surface area (Å²) in [6.07, 6.45) is 0. The van der Waals surface area contributed by atoms with Crippen LogP contribution in [0.4, 0.5) is 5.69 Å². The van der Waals surface area contributed by atoms with Crippen LogP contribution in [0.1, 0.15) is 21.5 Å². The zero-order chi connectivity index (χ0) is 20.4. The van der Waals surface area contributed by atoms with E-state index in [0.717, 1.165) is 20.2 Å². The fourth-order valence-electron chi connectivity index (χ4n) is 3.17. The van der Waals surface area contributed by atoms with Crippen LogP contribution in [0.3, 0.4) is 0 Å². The summed E-state index contributed by atoms with van der Waals surface area (Å²) in [5.41, 5.74) is 3.92. The average molecular weight is 496 g/mol. The van der Waals surface area contributed by atoms with Gasteiger partial charge in [-0.25, -0.2) is 9.79 Å². The standard InChI is InChI=1S/C23H17IN2O3/c1-29-23(28)15-7-12-18-19(13-15)26-22(27)20(18)21(14-5-3-2-4-6-14)25-17-10-8-16(24)9-11-17/h2-13,26-27H,1H3. The van der Waals surface area contributed by atoms with Gasteiger partial charge in [-0.05, 0) is 59.0 Å². The van der Waals surface area contributed by atoms with E-state index in [0.29, 0.717) is 22.4 Å². The molecule has 0 atom stereocenters. The molecule has 0 unspecified atom stereocenters. The number of nitrogens with zero attached hydrogens (tertiary/aromatic N) is 1. The van der Waals surface area contributed by atoms with Crippen molar-refractivity contribution in [3.8, 4) is 5.88 Å². The number of esters is 1. The van der Waals surface area contributed by atoms with Gasteiger partial charge in [-0.3, -0.25) is 0 Å². The minimum atomic E-state index is -0.432. The second kappa shape index (κ2) is 8.08. The Bertz CT molecular complexity index is 1210. The van der Waals surface area contributed by atoms with E-state index in [1.165, 1.54) is 7.11 Å². The average Bonchev–Trinajstić information content (AvgIpc) is 3.08. The lowest BCUT2D eigenvalue weighted by Crippen LogP contribution is -2.03. The highest BCUT2D eigenvalue weighted by Crippen LogP contribution is 2.32. The number of benzene rings is 3. The first-order chi connectivity index (χ1) is 14.1. The van der Waals surface area contributed by atoms with Crippen molar-refractivity contribution in [3.05, 3.63) is 93.1 Å². The number of aromatic nitrogens is 1. The van der Waals surface area contributed by atoms with E-state index in [1.807, 2.05) is 54.6 Å². The number of aliphatic imine (C=N–C) groups is 1. The molecule has 0 amide bonds. The van der Waals surface area contributed by atoms with Crippen LogP contribution in [0.2, 0.25) is 0 Å². The molecule has 0 radical (unpaired) electrons. The maximum absolute atomic E-state index is 11.8. The van der Waals surface area contributed by atoms with Gasteiger partial charge in [-0.1, -0.05) is 36.4 Å². The van der Waals surface area contributed by atoms with Crippen molar-refractivity contribution < 1.29 is 14.6 Å². The van der Waals surface area contributed by atoms with Gasteiger partial charge in [0.15, 0.2) is 5.88 Å². The first kappa shape index (κ1) is 19.2. The summed E-state index contributed by atoms with van der Waals surface area (Å²) in [7, 11) is 1.34. The molecule has 0 bridgehead atoms. The Kier molecular flexibility index (Phi) is 5.35. The first-order valence-corrected chi connectivity index (χ1v) is 9.98. The number of halogens is 1. The summed E-state index contributed by atoms with van der Waals surface area (Å²) in [5, 5.41) is 11.5. The van der Waals surface area contributed by atoms with Gasteiger partial charge in [-0.2, -0.15) is 0 Å². The highest BCUT2D eigenvalue weighted by Gasteiger charge is 2.19. The third kappa shape index (κ3) is 3.88. The summed E-state index contributed by atoms with van der Waals surface area (Å²) in [6, 6.07) is 22.7. The van der Waals surface area contributed by atoms with Crippen molar-refractivity contribution in [2.24, 2.45) is 4.99 Å². The molecule has 0 spiro atoms. The number of hydrogen-bond acceptors (Lipinski definition) is 4. The highest BCUT2D eigenvalue weighted by atomic mass is 127. The Balaban J connectivity index is 1.93. The molecular formula is C23H17IN2O3. The second-order valence-electron chi connectivity index (χ2n) is 6.40. The van der Waals surface area contributed by atoms with Crippen molar-refractivity contribution in [3.63, 3.8) is 0 Å². The van der Waals surface area contributed by atoms with Crippen molar-refractivity contribution in [1.82, 2.24) is 4.98 Å². The largest absolute Gasteiger partial charge is 0.494 e. The quantitative estimate of drug-likeness (QED) is 0.225. The number of carbonyl (C=O) groups is 1. The topological polar surface area (TPSA) is 74.7 Å². The van der Waals surface area contributed by atoms with Gasteiger partial charge in [0.25, 0.3) is 0 Å². The van der Waals surface area contributed by atoms with Gasteiger partial charge in [-0.15, -0.1) is 0 Å². The van der Waals surface area contributed by atoms with Crippen LogP contribution in [0, 0.1) is 3.57 Å². The molecular weight excluding hydrogens is 479 g/mol. The van der Waals surface area contributed by atoms with Crippen molar-refractivity contribution in [2.75, 3.05) is 7.11 Å². The predicted molar refractivity (Wildman–Crippen MR) is 122 cm³/mol. The zero-order valence-corrected chi connectivity index (χ0v) is 17.7. The minimum Gasteiger partial charge on any atom is -0.494 e. The molecule has 4 rings (SSSR count). The van der Waals surface area contributed by atoms with Gasteiger partial charge in [0.05, 0.1) is 29.6 Å². The summed E-state index contributed by atoms with van der Waals surface area (Å²) in [5.74, 6) is -0.437. The molecule has 5 nitrogen and oxygen atoms in total. The molecule has 0 fully saturated rings. The van der Waals surface area contributed by atoms with Crippen molar-refractivity contribution in [1.29, 1.82) is 0 Å². The molecule has 0 aliphatic heterocycles. The second-order valence-corrected chi connectivity index (χ2v) is 7.65. The summed E-state index contributed by atoms with van der Waals surface area (Å²) < 4.78 is 5.91. The zero-order valence-electron chi connectivity index (χ0n) is 15.5. The summed E-state index contributed by atoms with van der Waals surface area (Å²) in [4.78, 5) is 19.6. The normalized spacial score (nSPS) is 11.6. The third-order valence-electron chi connectivity index (χ3n) is 4.55. The third-order valence-corrected chi connectivity index (χ3v) is 5.27. The van der Waals surface area contributed by atoms with E-state index < -0.39 is 5.97 Å². The number of rotatable bonds is 4. The van der Waals surface area contributed by atoms with Gasteiger partial charge < -0.3 is 14.8 Å². The van der Waals surface area contributed by atoms with E-state index in [1.54, 1.807) is 18.2 Å². The Hall–Kier alpha value is -3.13. The maximum Gasteiger partial charge on any atom is 0.337 e. The molecule has 144 valence electrons. The Morgan fingerprint density at radius 2 is 1.72 bits per heavy atom. The Morgan fingerprint density at radius 3 is 2.41 bits per heavy atom. The van der Waals surface area contributed by atoms with Crippen LogP contribution >= 0.6 is 22.6 Å². The lowest BCUT2D eigenvalue weighted by atomic mass is 10.00. The molecule has 4 aromatic rings. The molecule has 0 aliphatic carbocycles. The van der Waals surface area contributed by atoms with Gasteiger partial charge >= 0.3 is 5.97 Å². The van der Waals surface area contributed by atoms with Gasteiger partial charge in [0.2, 0.25) is 0 Å². The molecule has 29 heavy (non-hydrogen) atoms. The van der Waals surface area contributed by atoms with Crippen LogP contribution in [-0.4, -0.2) is 28.9 Å². The number of H-pyrrole nitrogens is 1. The molecule has 3 aromatic carbocycles. The molecule has 1 heterocycles. The van der Waals surface area contributed by atoms with Gasteiger partial charge in [0, 0.05) is 20.0 Å². The molecule has 6 heteroatoms. The van der Waals surface area contributed by atoms with E-state index >= 15 is 0 Å². The van der Waals surface area contributed by atoms with Crippen LogP contribution in [-0.2, 0) is 4.74 Å². The molecule has 0 saturated carbocycles. The maximum atomic E-state index is 11.8. The van der Waals surface area contributed by atoms with E-state index in [2.05, 4.69) is 27.6 Å². The number of methoxy groups -OCH3 is 1. The van der Waals surface area contributed by atoms with Crippen LogP contribution in [0.5, 0.6) is 5.88 Å². The van der Waals surface area contributed by atoms with Crippen LogP contribution in [0.15, 0.2) is 77.8 Å². The number of nitrogens with one attached hydrogen (secondary N) is 1. The number of hydrogen-bond donors (Lipinski definition) is 2. The lowest BCUT2D eigenvalue weighted by molar-refractivity contribution is 0.0601. The first-order valence-electron chi connectivity index (χ1n) is 8.90. The number of fused-ring (bicyclic) bond motifs is 1. The van der Waals surface area contributed by atoms with E-state index in [9.17, 15) is 9.90 Å². The summed E-state index contributed by atoms with van der Waals surface area (Å²) >= 11 is 2.25. The molecule has 0 aliphatic rings. The monoisotopic (exact) mass is 496 g/mol. The fraction of sp³-hybridized carbons (Fsp3) is 0.0435. The molecule has 0 saturated heterocycles. The highest BCUT2D eigenvalue weighted by molar-refractivity contribution is 14.1. The van der Waals surface area contributed by atoms with Gasteiger partial charge in [0.1, 0.15) is 0 Å². The smallest absolute Gasteiger partial charge is 0.337 e. The summed E-state index contributed by atoms with van der Waals surface area (Å²) in [6.45, 7) is 0. The lowest BCUT2D eigenvalue weighted by Gasteiger charge is -2.08. The number of aromatic amines is 1. The van der Waals surface area contributed by atoms with Crippen molar-refractivity contribution >= 4 is 50.9 Å². The van der Waals surface area contributed by atoms with Crippen LogP contribution < -0.4 is 0 Å². The molecule has 2 N–H and O–H groups in total. The van der Waals surface area contributed by atoms with E-state index in [-0.39, 0.29) is 5.88 Å². The number of carbonyl (C=O) groups excluding carboxylic acids is 1.